The van der Waals surface area contributed by atoms with E-state index in [0.29, 0.717) is 24.6 Å². The van der Waals surface area contributed by atoms with Gasteiger partial charge in [-0.2, -0.15) is 10.3 Å². The summed E-state index contributed by atoms with van der Waals surface area (Å²) in [5.74, 6) is 0.0820. The number of hydrogen-bond acceptors (Lipinski definition) is 6. The number of hydrogen-bond donors (Lipinski definition) is 2. The molecule has 0 radical (unpaired) electrons. The number of benzene rings is 2. The zero-order chi connectivity index (χ0) is 23.2. The zero-order valence-corrected chi connectivity index (χ0v) is 18.8. The lowest BCUT2D eigenvalue weighted by Gasteiger charge is -2.11. The maximum atomic E-state index is 11.7. The molecule has 0 bridgehead atoms. The topological polar surface area (TPSA) is 122 Å². The van der Waals surface area contributed by atoms with E-state index in [1.807, 2.05) is 60.1 Å². The molecule has 170 valence electrons. The zero-order valence-electron chi connectivity index (χ0n) is 18.8. The van der Waals surface area contributed by atoms with Gasteiger partial charge in [0.1, 0.15) is 11.7 Å². The molecule has 0 saturated carbocycles. The SMILES string of the molecule is CCCCc1nc(C(CC)C(=O)O)nn1Cc1ccc(-c2ccccc2)c(-c2nn[nH]n2)c1. The van der Waals surface area contributed by atoms with Crippen LogP contribution in [0.3, 0.4) is 0 Å². The Balaban J connectivity index is 1.72. The molecule has 2 heterocycles. The first-order valence-corrected chi connectivity index (χ1v) is 11.2. The van der Waals surface area contributed by atoms with Crippen LogP contribution in [0.2, 0.25) is 0 Å². The highest BCUT2D eigenvalue weighted by molar-refractivity contribution is 5.80. The molecule has 0 aliphatic rings. The minimum atomic E-state index is -0.900. The second-order valence-corrected chi connectivity index (χ2v) is 7.93. The maximum absolute atomic E-state index is 11.7. The lowest BCUT2D eigenvalue weighted by atomic mass is 9.97. The van der Waals surface area contributed by atoms with E-state index in [4.69, 9.17) is 0 Å². The van der Waals surface area contributed by atoms with Crippen LogP contribution in [0.25, 0.3) is 22.5 Å². The highest BCUT2D eigenvalue weighted by Crippen LogP contribution is 2.31. The fourth-order valence-electron chi connectivity index (χ4n) is 3.85. The maximum Gasteiger partial charge on any atom is 0.314 e. The van der Waals surface area contributed by atoms with E-state index in [1.165, 1.54) is 0 Å². The lowest BCUT2D eigenvalue weighted by Crippen LogP contribution is -2.13. The summed E-state index contributed by atoms with van der Waals surface area (Å²) < 4.78 is 1.83. The number of tetrazole rings is 1. The van der Waals surface area contributed by atoms with E-state index >= 15 is 0 Å². The number of carboxylic acid groups (broad SMARTS) is 1. The second-order valence-electron chi connectivity index (χ2n) is 7.93. The minimum Gasteiger partial charge on any atom is -0.481 e. The summed E-state index contributed by atoms with van der Waals surface area (Å²) in [5.41, 5.74) is 3.91. The molecule has 4 rings (SSSR count). The van der Waals surface area contributed by atoms with Crippen molar-refractivity contribution in [2.45, 2.75) is 52.0 Å². The van der Waals surface area contributed by atoms with Crippen LogP contribution in [0.1, 0.15) is 56.2 Å². The summed E-state index contributed by atoms with van der Waals surface area (Å²) in [5, 5.41) is 28.8. The highest BCUT2D eigenvalue weighted by Gasteiger charge is 2.24. The van der Waals surface area contributed by atoms with Gasteiger partial charge in [-0.15, -0.1) is 10.2 Å². The van der Waals surface area contributed by atoms with Crippen molar-refractivity contribution in [2.24, 2.45) is 0 Å². The Bertz CT molecular complexity index is 1200. The smallest absolute Gasteiger partial charge is 0.314 e. The Kier molecular flexibility index (Phi) is 6.87. The van der Waals surface area contributed by atoms with E-state index in [9.17, 15) is 9.90 Å². The fraction of sp³-hybridized carbons (Fsp3) is 0.333. The number of rotatable bonds is 10. The Morgan fingerprint density at radius 2 is 1.94 bits per heavy atom. The fourth-order valence-corrected chi connectivity index (χ4v) is 3.85. The van der Waals surface area contributed by atoms with Crippen molar-refractivity contribution in [1.29, 1.82) is 0 Å². The number of aliphatic carboxylic acids is 1. The molecule has 1 unspecified atom stereocenters. The molecule has 2 aromatic heterocycles. The average Bonchev–Trinajstić information content (AvgIpc) is 3.49. The number of aromatic amines is 1. The second kappa shape index (κ2) is 10.2. The molecule has 0 aliphatic heterocycles. The molecule has 2 N–H and O–H groups in total. The highest BCUT2D eigenvalue weighted by atomic mass is 16.4. The van der Waals surface area contributed by atoms with Gasteiger partial charge >= 0.3 is 5.97 Å². The molecule has 0 aliphatic carbocycles. The third kappa shape index (κ3) is 4.97. The van der Waals surface area contributed by atoms with Crippen LogP contribution >= 0.6 is 0 Å². The number of H-pyrrole nitrogens is 1. The van der Waals surface area contributed by atoms with Crippen LogP contribution < -0.4 is 0 Å². The van der Waals surface area contributed by atoms with Crippen molar-refractivity contribution < 1.29 is 9.90 Å². The number of nitrogens with one attached hydrogen (secondary N) is 1. The van der Waals surface area contributed by atoms with Gasteiger partial charge in [0.05, 0.1) is 6.54 Å². The first-order valence-electron chi connectivity index (χ1n) is 11.2. The molecule has 9 nitrogen and oxygen atoms in total. The van der Waals surface area contributed by atoms with Crippen molar-refractivity contribution in [3.8, 4) is 22.5 Å². The van der Waals surface area contributed by atoms with E-state index in [-0.39, 0.29) is 0 Å². The van der Waals surface area contributed by atoms with Gasteiger partial charge < -0.3 is 5.11 Å². The predicted molar refractivity (Wildman–Crippen MR) is 123 cm³/mol. The van der Waals surface area contributed by atoms with Gasteiger partial charge in [0.15, 0.2) is 5.82 Å². The minimum absolute atomic E-state index is 0.371. The lowest BCUT2D eigenvalue weighted by molar-refractivity contribution is -0.139. The Morgan fingerprint density at radius 1 is 1.12 bits per heavy atom. The summed E-state index contributed by atoms with van der Waals surface area (Å²) in [7, 11) is 0. The van der Waals surface area contributed by atoms with Crippen LogP contribution in [0.5, 0.6) is 0 Å². The van der Waals surface area contributed by atoms with Crippen molar-refractivity contribution >= 4 is 5.97 Å². The Hall–Kier alpha value is -3.88. The van der Waals surface area contributed by atoms with Gasteiger partial charge in [-0.25, -0.2) is 9.67 Å². The van der Waals surface area contributed by atoms with E-state index < -0.39 is 11.9 Å². The van der Waals surface area contributed by atoms with Crippen LogP contribution in [0.4, 0.5) is 0 Å². The van der Waals surface area contributed by atoms with E-state index in [0.717, 1.165) is 47.3 Å². The quantitative estimate of drug-likeness (QED) is 0.377. The van der Waals surface area contributed by atoms with Gasteiger partial charge in [-0.05, 0) is 40.8 Å². The molecule has 4 aromatic rings. The first-order chi connectivity index (χ1) is 16.1. The number of unbranched alkanes of at least 4 members (excludes halogenated alkanes) is 1. The standard InChI is InChI=1S/C24H27N7O2/c1-3-5-11-21-25-22(18(4-2)24(32)33)28-31(21)15-16-12-13-19(17-9-7-6-8-10-17)20(14-16)23-26-29-30-27-23/h6-10,12-14,18H,3-5,11,15H2,1-2H3,(H,32,33)(H,26,27,29,30). The van der Waals surface area contributed by atoms with Gasteiger partial charge in [0, 0.05) is 12.0 Å². The number of carboxylic acids is 1. The number of carbonyl (C=O) groups is 1. The Morgan fingerprint density at radius 3 is 2.61 bits per heavy atom. The summed E-state index contributed by atoms with van der Waals surface area (Å²) in [6.45, 7) is 4.43. The van der Waals surface area contributed by atoms with Crippen molar-refractivity contribution in [1.82, 2.24) is 35.4 Å². The third-order valence-corrected chi connectivity index (χ3v) is 5.62. The van der Waals surface area contributed by atoms with Crippen LogP contribution in [0.15, 0.2) is 48.5 Å². The molecule has 0 amide bonds. The average molecular weight is 446 g/mol. The summed E-state index contributed by atoms with van der Waals surface area (Å²) >= 11 is 0. The van der Waals surface area contributed by atoms with Gasteiger partial charge in [0.2, 0.25) is 5.82 Å². The van der Waals surface area contributed by atoms with Crippen LogP contribution in [0, 0.1) is 0 Å². The van der Waals surface area contributed by atoms with Gasteiger partial charge in [0.25, 0.3) is 0 Å². The number of nitrogens with zero attached hydrogens (tertiary/aromatic N) is 6. The van der Waals surface area contributed by atoms with Crippen LogP contribution in [-0.4, -0.2) is 46.5 Å². The summed E-state index contributed by atoms with van der Waals surface area (Å²) in [6.07, 6.45) is 3.18. The van der Waals surface area contributed by atoms with Crippen LogP contribution in [-0.2, 0) is 17.8 Å². The monoisotopic (exact) mass is 445 g/mol. The summed E-state index contributed by atoms with van der Waals surface area (Å²) in [6, 6.07) is 16.2. The van der Waals surface area contributed by atoms with E-state index in [2.05, 4.69) is 37.6 Å². The number of aryl methyl sites for hydroxylation is 1. The van der Waals surface area contributed by atoms with Crippen molar-refractivity contribution in [2.75, 3.05) is 0 Å². The molecule has 0 saturated heterocycles. The summed E-state index contributed by atoms with van der Waals surface area (Å²) in [4.78, 5) is 16.3. The van der Waals surface area contributed by atoms with Crippen molar-refractivity contribution in [3.63, 3.8) is 0 Å². The number of aromatic nitrogens is 7. The molecule has 2 aromatic carbocycles. The molecular formula is C24H27N7O2. The molecule has 9 heteroatoms. The molecule has 0 fully saturated rings. The first kappa shape index (κ1) is 22.3. The van der Waals surface area contributed by atoms with Crippen molar-refractivity contribution in [3.05, 3.63) is 65.7 Å². The van der Waals surface area contributed by atoms with E-state index in [1.54, 1.807) is 0 Å². The molecule has 0 spiro atoms. The van der Waals surface area contributed by atoms with Gasteiger partial charge in [-0.1, -0.05) is 62.7 Å². The molecular weight excluding hydrogens is 418 g/mol. The molecule has 33 heavy (non-hydrogen) atoms. The van der Waals surface area contributed by atoms with Gasteiger partial charge in [-0.3, -0.25) is 4.79 Å². The largest absolute Gasteiger partial charge is 0.481 e. The molecule has 1 atom stereocenters. The predicted octanol–water partition coefficient (Wildman–Crippen LogP) is 4.09. The Labute approximate surface area is 191 Å². The normalized spacial score (nSPS) is 12.1. The third-order valence-electron chi connectivity index (χ3n) is 5.62.